The molecule has 1 aromatic heterocycles. The number of likely N-dealkylation sites (tertiary alicyclic amines) is 1. The van der Waals surface area contributed by atoms with Gasteiger partial charge < -0.3 is 20.6 Å². The minimum absolute atomic E-state index is 0.0157. The van der Waals surface area contributed by atoms with E-state index in [-0.39, 0.29) is 48.4 Å². The van der Waals surface area contributed by atoms with E-state index in [1.165, 1.54) is 22.9 Å². The average molecular weight is 650 g/mol. The van der Waals surface area contributed by atoms with Crippen LogP contribution in [0.4, 0.5) is 22.0 Å². The van der Waals surface area contributed by atoms with Crippen LogP contribution >= 0.6 is 0 Å². The lowest BCUT2D eigenvalue weighted by atomic mass is 9.98. The second-order valence-electron chi connectivity index (χ2n) is 11.6. The van der Waals surface area contributed by atoms with Crippen LogP contribution in [0.5, 0.6) is 0 Å². The second kappa shape index (κ2) is 15.6. The van der Waals surface area contributed by atoms with Crippen LogP contribution in [-0.2, 0) is 25.7 Å². The molecule has 1 unspecified atom stereocenters. The van der Waals surface area contributed by atoms with E-state index in [2.05, 4.69) is 22.7 Å². The van der Waals surface area contributed by atoms with Gasteiger partial charge in [0.05, 0.1) is 17.7 Å². The molecule has 3 atom stereocenters. The molecule has 0 spiro atoms. The van der Waals surface area contributed by atoms with E-state index in [1.807, 2.05) is 4.90 Å². The van der Waals surface area contributed by atoms with Crippen LogP contribution < -0.4 is 10.6 Å². The highest BCUT2D eigenvalue weighted by Gasteiger charge is 2.32. The van der Waals surface area contributed by atoms with Crippen molar-refractivity contribution < 1.29 is 36.6 Å². The summed E-state index contributed by atoms with van der Waals surface area (Å²) >= 11 is 0. The first-order valence-corrected chi connectivity index (χ1v) is 15.6. The van der Waals surface area contributed by atoms with E-state index in [0.717, 1.165) is 56.4 Å². The van der Waals surface area contributed by atoms with Gasteiger partial charge in [-0.05, 0) is 68.4 Å². The SMILES string of the molecule is CCCC1CCCCN1C(=O)c1cc(C(=O)N[C@@H](Cc2cc(F)cc(F)c2)[C@@H](O)CNCc2cccc(C(F)(F)F)c2)nn1CC. The Hall–Kier alpha value is -3.84. The third-order valence-corrected chi connectivity index (χ3v) is 8.14. The van der Waals surface area contributed by atoms with Crippen LogP contribution in [0.3, 0.4) is 0 Å². The number of nitrogens with one attached hydrogen (secondary N) is 2. The van der Waals surface area contributed by atoms with Gasteiger partial charge in [-0.2, -0.15) is 18.3 Å². The number of aromatic nitrogens is 2. The summed E-state index contributed by atoms with van der Waals surface area (Å²) in [6.45, 7) is 4.63. The molecule has 3 N–H and O–H groups in total. The Balaban J connectivity index is 1.51. The van der Waals surface area contributed by atoms with Crippen molar-refractivity contribution in [3.8, 4) is 0 Å². The van der Waals surface area contributed by atoms with Gasteiger partial charge in [-0.25, -0.2) is 8.78 Å². The molecule has 0 bridgehead atoms. The maximum absolute atomic E-state index is 14.0. The quantitative estimate of drug-likeness (QED) is 0.213. The lowest BCUT2D eigenvalue weighted by Gasteiger charge is -2.35. The molecule has 1 fully saturated rings. The Labute approximate surface area is 265 Å². The number of benzene rings is 2. The molecule has 0 saturated carbocycles. The number of aliphatic hydroxyl groups is 1. The first-order valence-electron chi connectivity index (χ1n) is 15.6. The number of hydrogen-bond acceptors (Lipinski definition) is 5. The third kappa shape index (κ3) is 9.12. The number of aryl methyl sites for hydroxylation is 1. The van der Waals surface area contributed by atoms with Gasteiger partial charge in [0, 0.05) is 44.4 Å². The summed E-state index contributed by atoms with van der Waals surface area (Å²) in [5, 5.41) is 21.0. The van der Waals surface area contributed by atoms with Gasteiger partial charge in [-0.3, -0.25) is 14.3 Å². The topological polar surface area (TPSA) is 99.5 Å². The van der Waals surface area contributed by atoms with Crippen molar-refractivity contribution in [1.29, 1.82) is 0 Å². The number of carbonyl (C=O) groups excluding carboxylic acids is 2. The van der Waals surface area contributed by atoms with Gasteiger partial charge in [-0.1, -0.05) is 31.5 Å². The predicted octanol–water partition coefficient (Wildman–Crippen LogP) is 5.49. The zero-order valence-corrected chi connectivity index (χ0v) is 25.9. The number of aliphatic hydroxyl groups excluding tert-OH is 1. The van der Waals surface area contributed by atoms with Gasteiger partial charge in [-0.15, -0.1) is 0 Å². The maximum Gasteiger partial charge on any atom is 0.416 e. The molecule has 3 aromatic rings. The van der Waals surface area contributed by atoms with Crippen LogP contribution in [0.15, 0.2) is 48.5 Å². The van der Waals surface area contributed by atoms with Crippen molar-refractivity contribution in [2.75, 3.05) is 13.1 Å². The molecule has 8 nitrogen and oxygen atoms in total. The van der Waals surface area contributed by atoms with Crippen LogP contribution in [0.25, 0.3) is 0 Å². The fourth-order valence-electron chi connectivity index (χ4n) is 5.86. The molecule has 1 aliphatic rings. The van der Waals surface area contributed by atoms with Gasteiger partial charge in [0.25, 0.3) is 11.8 Å². The Morgan fingerprint density at radius 3 is 2.46 bits per heavy atom. The summed E-state index contributed by atoms with van der Waals surface area (Å²) in [7, 11) is 0. The third-order valence-electron chi connectivity index (χ3n) is 8.14. The van der Waals surface area contributed by atoms with E-state index in [0.29, 0.717) is 24.7 Å². The summed E-state index contributed by atoms with van der Waals surface area (Å²) in [6, 6.07) is 8.04. The van der Waals surface area contributed by atoms with Crippen molar-refractivity contribution in [1.82, 2.24) is 25.3 Å². The number of amides is 2. The fourth-order valence-corrected chi connectivity index (χ4v) is 5.86. The minimum atomic E-state index is -4.51. The zero-order valence-electron chi connectivity index (χ0n) is 25.9. The normalized spacial score (nSPS) is 16.7. The molecule has 1 saturated heterocycles. The second-order valence-corrected chi connectivity index (χ2v) is 11.6. The molecule has 0 aliphatic carbocycles. The molecule has 46 heavy (non-hydrogen) atoms. The van der Waals surface area contributed by atoms with Gasteiger partial charge in [0.2, 0.25) is 0 Å². The summed E-state index contributed by atoms with van der Waals surface area (Å²) in [4.78, 5) is 28.9. The molecule has 2 amide bonds. The Morgan fingerprint density at radius 1 is 1.04 bits per heavy atom. The molecule has 2 heterocycles. The number of halogens is 5. The smallest absolute Gasteiger partial charge is 0.390 e. The van der Waals surface area contributed by atoms with Gasteiger partial charge in [0.15, 0.2) is 5.69 Å². The molecule has 250 valence electrons. The maximum atomic E-state index is 14.0. The minimum Gasteiger partial charge on any atom is -0.390 e. The van der Waals surface area contributed by atoms with Crippen molar-refractivity contribution in [3.63, 3.8) is 0 Å². The molecule has 0 radical (unpaired) electrons. The van der Waals surface area contributed by atoms with E-state index < -0.39 is 41.4 Å². The molecule has 1 aliphatic heterocycles. The Kier molecular flexibility index (Phi) is 11.9. The van der Waals surface area contributed by atoms with Crippen molar-refractivity contribution in [2.45, 2.75) is 89.8 Å². The lowest BCUT2D eigenvalue weighted by molar-refractivity contribution is -0.137. The molecule has 4 rings (SSSR count). The average Bonchev–Trinajstić information content (AvgIpc) is 3.45. The van der Waals surface area contributed by atoms with Crippen molar-refractivity contribution >= 4 is 11.8 Å². The van der Waals surface area contributed by atoms with E-state index in [4.69, 9.17) is 0 Å². The Morgan fingerprint density at radius 2 is 1.78 bits per heavy atom. The van der Waals surface area contributed by atoms with E-state index in [9.17, 15) is 36.6 Å². The number of piperidine rings is 1. The van der Waals surface area contributed by atoms with Gasteiger partial charge in [0.1, 0.15) is 17.3 Å². The van der Waals surface area contributed by atoms with E-state index >= 15 is 0 Å². The summed E-state index contributed by atoms with van der Waals surface area (Å²) < 4.78 is 68.7. The van der Waals surface area contributed by atoms with Crippen molar-refractivity contribution in [2.24, 2.45) is 0 Å². The lowest BCUT2D eigenvalue weighted by Crippen LogP contribution is -2.48. The molecular formula is C33H40F5N5O3. The Bertz CT molecular complexity index is 1470. The fraction of sp³-hybridized carbons (Fsp3) is 0.485. The predicted molar refractivity (Wildman–Crippen MR) is 162 cm³/mol. The zero-order chi connectivity index (χ0) is 33.4. The van der Waals surface area contributed by atoms with Crippen LogP contribution in [0, 0.1) is 11.6 Å². The summed E-state index contributed by atoms with van der Waals surface area (Å²) in [5.41, 5.74) is -0.110. The van der Waals surface area contributed by atoms with Crippen LogP contribution in [0.2, 0.25) is 0 Å². The number of carbonyl (C=O) groups is 2. The van der Waals surface area contributed by atoms with E-state index in [1.54, 1.807) is 6.92 Å². The van der Waals surface area contributed by atoms with Crippen molar-refractivity contribution in [3.05, 3.63) is 88.2 Å². The highest BCUT2D eigenvalue weighted by Crippen LogP contribution is 2.29. The summed E-state index contributed by atoms with van der Waals surface area (Å²) in [5.74, 6) is -2.58. The summed E-state index contributed by atoms with van der Waals surface area (Å²) in [6.07, 6.45) is -1.34. The van der Waals surface area contributed by atoms with Gasteiger partial charge >= 0.3 is 6.18 Å². The highest BCUT2D eigenvalue weighted by molar-refractivity contribution is 5.98. The standard InChI is InChI=1S/C33H40F5N5O3/c1-3-8-26-11-5-6-12-42(26)32(46)29-18-28(41-43(29)4-2)31(45)40-27(16-22-14-24(34)17-25(35)15-22)30(44)20-39-19-21-9-7-10-23(13-21)33(36,37)38/h7,9-10,13-15,17-18,26-27,30,39,44H,3-6,8,11-12,16,19-20H2,1-2H3,(H,40,45)/t26?,27-,30-/m0/s1. The molecule has 13 heteroatoms. The number of hydrogen-bond donors (Lipinski definition) is 3. The monoisotopic (exact) mass is 649 g/mol. The highest BCUT2D eigenvalue weighted by atomic mass is 19.4. The number of nitrogens with zero attached hydrogens (tertiary/aromatic N) is 3. The first kappa shape index (κ1) is 35.0. The first-order chi connectivity index (χ1) is 21.9. The van der Waals surface area contributed by atoms with Crippen LogP contribution in [-0.4, -0.2) is 62.9 Å². The number of alkyl halides is 3. The van der Waals surface area contributed by atoms with Crippen LogP contribution in [0.1, 0.15) is 83.6 Å². The molecule has 2 aromatic carbocycles. The largest absolute Gasteiger partial charge is 0.416 e. The number of rotatable bonds is 13. The molecular weight excluding hydrogens is 609 g/mol.